The largest absolute Gasteiger partial charge is 0.364 e. The summed E-state index contributed by atoms with van der Waals surface area (Å²) in [4.78, 5) is 11.9. The van der Waals surface area contributed by atoms with Gasteiger partial charge >= 0.3 is 5.92 Å². The van der Waals surface area contributed by atoms with Crippen LogP contribution in [0.15, 0.2) is 0 Å². The summed E-state index contributed by atoms with van der Waals surface area (Å²) in [6.07, 6.45) is 2.93. The number of hydrogen-bond acceptors (Lipinski definition) is 2. The summed E-state index contributed by atoms with van der Waals surface area (Å²) in [5.74, 6) is -4.91. The van der Waals surface area contributed by atoms with Crippen molar-refractivity contribution in [3.63, 3.8) is 0 Å². The number of halogens is 2. The van der Waals surface area contributed by atoms with Crippen LogP contribution >= 0.6 is 0 Å². The minimum absolute atomic E-state index is 0.525. The lowest BCUT2D eigenvalue weighted by Gasteiger charge is -2.28. The number of rotatable bonds is 3. The van der Waals surface area contributed by atoms with Crippen molar-refractivity contribution in [1.82, 2.24) is 4.90 Å². The van der Waals surface area contributed by atoms with Gasteiger partial charge in [-0.05, 0) is 25.9 Å². The van der Waals surface area contributed by atoms with E-state index in [1.54, 1.807) is 4.90 Å². The van der Waals surface area contributed by atoms with Gasteiger partial charge in [0, 0.05) is 0 Å². The van der Waals surface area contributed by atoms with Crippen molar-refractivity contribution < 1.29 is 13.6 Å². The van der Waals surface area contributed by atoms with Gasteiger partial charge in [-0.3, -0.25) is 9.69 Å². The summed E-state index contributed by atoms with van der Waals surface area (Å²) < 4.78 is 25.6. The molecule has 76 valence electrons. The predicted octanol–water partition coefficient (Wildman–Crippen LogP) is 0.593. The third-order valence-corrected chi connectivity index (χ3v) is 2.23. The summed E-state index contributed by atoms with van der Waals surface area (Å²) in [5, 5.41) is 0. The number of nitrogens with zero attached hydrogens (tertiary/aromatic N) is 1. The van der Waals surface area contributed by atoms with Crippen LogP contribution in [-0.4, -0.2) is 36.4 Å². The zero-order chi connectivity index (χ0) is 9.90. The normalized spacial score (nSPS) is 20.2. The molecule has 0 aromatic heterocycles. The van der Waals surface area contributed by atoms with Gasteiger partial charge in [-0.1, -0.05) is 6.42 Å². The van der Waals surface area contributed by atoms with Crippen LogP contribution in [0.25, 0.3) is 0 Å². The van der Waals surface area contributed by atoms with E-state index < -0.39 is 18.4 Å². The third-order valence-electron chi connectivity index (χ3n) is 2.23. The van der Waals surface area contributed by atoms with Crippen LogP contribution in [0, 0.1) is 0 Å². The average Bonchev–Trinajstić information content (AvgIpc) is 2.05. The molecule has 1 aliphatic heterocycles. The molecule has 5 heteroatoms. The molecule has 0 saturated carbocycles. The lowest BCUT2D eigenvalue weighted by Crippen LogP contribution is -2.47. The summed E-state index contributed by atoms with van der Waals surface area (Å²) in [6, 6.07) is 0. The van der Waals surface area contributed by atoms with Crippen molar-refractivity contribution in [1.29, 1.82) is 0 Å². The van der Waals surface area contributed by atoms with Gasteiger partial charge in [-0.2, -0.15) is 8.78 Å². The molecule has 0 aromatic carbocycles. The quantitative estimate of drug-likeness (QED) is 0.711. The lowest BCUT2D eigenvalue weighted by atomic mass is 10.1. The van der Waals surface area contributed by atoms with Gasteiger partial charge in [-0.25, -0.2) is 0 Å². The van der Waals surface area contributed by atoms with Crippen LogP contribution in [-0.2, 0) is 4.79 Å². The molecule has 0 radical (unpaired) electrons. The summed E-state index contributed by atoms with van der Waals surface area (Å²) >= 11 is 0. The Hall–Kier alpha value is -0.710. The minimum Gasteiger partial charge on any atom is -0.364 e. The SMILES string of the molecule is NC(=O)C(F)(F)CN1CCCCC1. The molecule has 0 unspecified atom stereocenters. The number of carbonyl (C=O) groups excluding carboxylic acids is 1. The first kappa shape index (κ1) is 10.4. The van der Waals surface area contributed by atoms with E-state index in [1.807, 2.05) is 0 Å². The molecule has 0 atom stereocenters. The number of piperidine rings is 1. The summed E-state index contributed by atoms with van der Waals surface area (Å²) in [7, 11) is 0. The zero-order valence-corrected chi connectivity index (χ0v) is 7.43. The highest BCUT2D eigenvalue weighted by Gasteiger charge is 2.38. The van der Waals surface area contributed by atoms with Gasteiger partial charge in [0.25, 0.3) is 5.91 Å². The Bertz CT molecular complexity index is 191. The Morgan fingerprint density at radius 3 is 2.31 bits per heavy atom. The summed E-state index contributed by atoms with van der Waals surface area (Å²) in [5.41, 5.74) is 4.57. The van der Waals surface area contributed by atoms with Gasteiger partial charge in [0.1, 0.15) is 0 Å². The molecule has 0 aliphatic carbocycles. The van der Waals surface area contributed by atoms with E-state index in [0.29, 0.717) is 13.1 Å². The van der Waals surface area contributed by atoms with Gasteiger partial charge < -0.3 is 5.73 Å². The van der Waals surface area contributed by atoms with Crippen molar-refractivity contribution >= 4 is 5.91 Å². The molecule has 0 aromatic rings. The van der Waals surface area contributed by atoms with Crippen molar-refractivity contribution in [3.8, 4) is 0 Å². The van der Waals surface area contributed by atoms with E-state index in [9.17, 15) is 13.6 Å². The van der Waals surface area contributed by atoms with E-state index >= 15 is 0 Å². The predicted molar refractivity (Wildman–Crippen MR) is 44.4 cm³/mol. The second-order valence-corrected chi connectivity index (χ2v) is 3.41. The highest BCUT2D eigenvalue weighted by atomic mass is 19.3. The molecule has 1 saturated heterocycles. The molecule has 0 spiro atoms. The minimum atomic E-state index is -3.38. The van der Waals surface area contributed by atoms with E-state index in [0.717, 1.165) is 19.3 Å². The highest BCUT2D eigenvalue weighted by Crippen LogP contribution is 2.17. The molecule has 13 heavy (non-hydrogen) atoms. The topological polar surface area (TPSA) is 46.3 Å². The standard InChI is InChI=1S/C8H14F2N2O/c9-8(10,7(11)13)6-12-4-2-1-3-5-12/h1-6H2,(H2,11,13). The first-order valence-electron chi connectivity index (χ1n) is 4.42. The molecule has 1 amide bonds. The first-order valence-corrected chi connectivity index (χ1v) is 4.42. The van der Waals surface area contributed by atoms with Crippen LogP contribution in [0.3, 0.4) is 0 Å². The monoisotopic (exact) mass is 192 g/mol. The Kier molecular flexibility index (Phi) is 3.19. The maximum Gasteiger partial charge on any atom is 0.336 e. The van der Waals surface area contributed by atoms with Crippen LogP contribution < -0.4 is 5.73 Å². The van der Waals surface area contributed by atoms with Crippen molar-refractivity contribution in [2.24, 2.45) is 5.73 Å². The number of alkyl halides is 2. The molecular formula is C8H14F2N2O. The van der Waals surface area contributed by atoms with Gasteiger partial charge in [-0.15, -0.1) is 0 Å². The van der Waals surface area contributed by atoms with Crippen molar-refractivity contribution in [2.45, 2.75) is 25.2 Å². The van der Waals surface area contributed by atoms with Gasteiger partial charge in [0.15, 0.2) is 0 Å². The van der Waals surface area contributed by atoms with Crippen LogP contribution in [0.1, 0.15) is 19.3 Å². The fraction of sp³-hybridized carbons (Fsp3) is 0.875. The fourth-order valence-corrected chi connectivity index (χ4v) is 1.48. The second-order valence-electron chi connectivity index (χ2n) is 3.41. The molecule has 2 N–H and O–H groups in total. The van der Waals surface area contributed by atoms with E-state index in [2.05, 4.69) is 5.73 Å². The number of primary amides is 1. The molecular weight excluding hydrogens is 178 g/mol. The highest BCUT2D eigenvalue weighted by molar-refractivity contribution is 5.81. The Labute approximate surface area is 75.9 Å². The van der Waals surface area contributed by atoms with Crippen LogP contribution in [0.5, 0.6) is 0 Å². The van der Waals surface area contributed by atoms with Gasteiger partial charge in [0.05, 0.1) is 6.54 Å². The second kappa shape index (κ2) is 4.00. The number of hydrogen-bond donors (Lipinski definition) is 1. The molecule has 1 fully saturated rings. The average molecular weight is 192 g/mol. The van der Waals surface area contributed by atoms with Crippen molar-refractivity contribution in [3.05, 3.63) is 0 Å². The number of carbonyl (C=O) groups is 1. The van der Waals surface area contributed by atoms with Crippen LogP contribution in [0.4, 0.5) is 8.78 Å². The van der Waals surface area contributed by atoms with Crippen molar-refractivity contribution in [2.75, 3.05) is 19.6 Å². The number of likely N-dealkylation sites (tertiary alicyclic amines) is 1. The smallest absolute Gasteiger partial charge is 0.336 e. The maximum absolute atomic E-state index is 12.8. The molecule has 0 bridgehead atoms. The Morgan fingerprint density at radius 1 is 1.31 bits per heavy atom. The third kappa shape index (κ3) is 2.91. The summed E-state index contributed by atoms with van der Waals surface area (Å²) in [6.45, 7) is 0.758. The molecule has 3 nitrogen and oxygen atoms in total. The Morgan fingerprint density at radius 2 is 1.85 bits per heavy atom. The lowest BCUT2D eigenvalue weighted by molar-refractivity contribution is -0.144. The molecule has 1 rings (SSSR count). The molecule has 1 aliphatic rings. The Balaban J connectivity index is 2.41. The first-order chi connectivity index (χ1) is 6.02. The van der Waals surface area contributed by atoms with Crippen LogP contribution in [0.2, 0.25) is 0 Å². The number of nitrogens with two attached hydrogens (primary N) is 1. The van der Waals surface area contributed by atoms with E-state index in [4.69, 9.17) is 0 Å². The van der Waals surface area contributed by atoms with E-state index in [-0.39, 0.29) is 0 Å². The molecule has 1 heterocycles. The van der Waals surface area contributed by atoms with Gasteiger partial charge in [0.2, 0.25) is 0 Å². The van der Waals surface area contributed by atoms with E-state index in [1.165, 1.54) is 0 Å². The fourth-order valence-electron chi connectivity index (χ4n) is 1.48. The maximum atomic E-state index is 12.8. The zero-order valence-electron chi connectivity index (χ0n) is 7.43. The number of amides is 1.